The molecule has 0 aliphatic heterocycles. The normalized spacial score (nSPS) is 15.5. The van der Waals surface area contributed by atoms with Gasteiger partial charge in [-0.15, -0.1) is 0 Å². The van der Waals surface area contributed by atoms with Gasteiger partial charge in [-0.1, -0.05) is 19.3 Å². The summed E-state index contributed by atoms with van der Waals surface area (Å²) >= 11 is 0. The van der Waals surface area contributed by atoms with Crippen molar-refractivity contribution in [3.05, 3.63) is 29.6 Å². The minimum atomic E-state index is -1.29. The quantitative estimate of drug-likeness (QED) is 0.874. The van der Waals surface area contributed by atoms with Crippen molar-refractivity contribution >= 4 is 11.9 Å². The zero-order valence-electron chi connectivity index (χ0n) is 11.6. The highest BCUT2D eigenvalue weighted by Crippen LogP contribution is 2.20. The van der Waals surface area contributed by atoms with E-state index < -0.39 is 11.8 Å². The molecule has 21 heavy (non-hydrogen) atoms. The number of hydrogen-bond acceptors (Lipinski definition) is 3. The second-order valence-electron chi connectivity index (χ2n) is 5.14. The molecule has 1 aliphatic carbocycles. The summed E-state index contributed by atoms with van der Waals surface area (Å²) in [5, 5.41) is 11.8. The Hall–Kier alpha value is -2.11. The molecule has 1 fully saturated rings. The van der Waals surface area contributed by atoms with Crippen molar-refractivity contribution in [3.8, 4) is 5.75 Å². The molecule has 1 aromatic rings. The van der Waals surface area contributed by atoms with Crippen molar-refractivity contribution in [1.29, 1.82) is 0 Å². The predicted octanol–water partition coefficient (Wildman–Crippen LogP) is 2.35. The van der Waals surface area contributed by atoms with E-state index in [9.17, 15) is 14.0 Å². The van der Waals surface area contributed by atoms with Crippen LogP contribution in [0.1, 0.15) is 42.5 Å². The van der Waals surface area contributed by atoms with E-state index in [1.54, 1.807) is 0 Å². The van der Waals surface area contributed by atoms with E-state index in [0.29, 0.717) is 0 Å². The third-order valence-electron chi connectivity index (χ3n) is 3.50. The van der Waals surface area contributed by atoms with Gasteiger partial charge in [0.2, 0.25) is 0 Å². The predicted molar refractivity (Wildman–Crippen MR) is 73.9 cm³/mol. The molecule has 0 radical (unpaired) electrons. The minimum Gasteiger partial charge on any atom is -0.483 e. The van der Waals surface area contributed by atoms with E-state index in [4.69, 9.17) is 9.84 Å². The fourth-order valence-electron chi connectivity index (χ4n) is 2.45. The van der Waals surface area contributed by atoms with Gasteiger partial charge in [0.1, 0.15) is 17.1 Å². The maximum atomic E-state index is 13.0. The summed E-state index contributed by atoms with van der Waals surface area (Å²) < 4.78 is 18.2. The summed E-state index contributed by atoms with van der Waals surface area (Å²) in [6, 6.07) is 3.35. The molecule has 0 atom stereocenters. The molecule has 1 saturated carbocycles. The zero-order chi connectivity index (χ0) is 15.2. The maximum Gasteiger partial charge on any atom is 0.339 e. The molecule has 0 aromatic heterocycles. The number of aromatic carboxylic acids is 1. The van der Waals surface area contributed by atoms with Crippen LogP contribution in [0.4, 0.5) is 4.39 Å². The molecular weight excluding hydrogens is 277 g/mol. The number of carbonyl (C=O) groups excluding carboxylic acids is 1. The number of carboxylic acids is 1. The summed E-state index contributed by atoms with van der Waals surface area (Å²) in [5.74, 6) is -2.26. The van der Waals surface area contributed by atoms with Crippen LogP contribution in [0.25, 0.3) is 0 Å². The molecule has 0 saturated heterocycles. The molecule has 2 N–H and O–H groups in total. The van der Waals surface area contributed by atoms with Crippen molar-refractivity contribution in [1.82, 2.24) is 5.32 Å². The molecule has 0 unspecified atom stereocenters. The first kappa shape index (κ1) is 15.3. The summed E-state index contributed by atoms with van der Waals surface area (Å²) in [6.45, 7) is -0.275. The van der Waals surface area contributed by atoms with Gasteiger partial charge in [-0.3, -0.25) is 4.79 Å². The largest absolute Gasteiger partial charge is 0.483 e. The number of benzene rings is 1. The van der Waals surface area contributed by atoms with E-state index in [2.05, 4.69) is 5.32 Å². The van der Waals surface area contributed by atoms with E-state index >= 15 is 0 Å². The molecule has 2 rings (SSSR count). The Balaban J connectivity index is 1.90. The van der Waals surface area contributed by atoms with Crippen molar-refractivity contribution in [2.75, 3.05) is 6.61 Å². The lowest BCUT2D eigenvalue weighted by atomic mass is 9.95. The summed E-state index contributed by atoms with van der Waals surface area (Å²) in [4.78, 5) is 22.8. The van der Waals surface area contributed by atoms with Crippen LogP contribution in [0.3, 0.4) is 0 Å². The number of rotatable bonds is 5. The van der Waals surface area contributed by atoms with E-state index in [1.165, 1.54) is 12.5 Å². The number of hydrogen-bond donors (Lipinski definition) is 2. The molecule has 1 aromatic carbocycles. The Morgan fingerprint density at radius 2 is 2.00 bits per heavy atom. The molecule has 1 amide bonds. The highest BCUT2D eigenvalue weighted by atomic mass is 19.1. The van der Waals surface area contributed by atoms with E-state index in [1.807, 2.05) is 0 Å². The van der Waals surface area contributed by atoms with Gasteiger partial charge in [-0.05, 0) is 31.0 Å². The van der Waals surface area contributed by atoms with Gasteiger partial charge in [-0.2, -0.15) is 0 Å². The van der Waals surface area contributed by atoms with E-state index in [-0.39, 0.29) is 29.9 Å². The average Bonchev–Trinajstić information content (AvgIpc) is 2.47. The number of carboxylic acid groups (broad SMARTS) is 1. The second-order valence-corrected chi connectivity index (χ2v) is 5.14. The van der Waals surface area contributed by atoms with Gasteiger partial charge in [0.25, 0.3) is 5.91 Å². The lowest BCUT2D eigenvalue weighted by Crippen LogP contribution is -2.39. The smallest absolute Gasteiger partial charge is 0.339 e. The van der Waals surface area contributed by atoms with Crippen molar-refractivity contribution in [2.45, 2.75) is 38.1 Å². The maximum absolute atomic E-state index is 13.0. The monoisotopic (exact) mass is 295 g/mol. The second kappa shape index (κ2) is 7.06. The number of carbonyl (C=O) groups is 2. The third kappa shape index (κ3) is 4.44. The molecule has 1 aliphatic rings. The number of nitrogens with one attached hydrogen (secondary N) is 1. The Morgan fingerprint density at radius 1 is 1.29 bits per heavy atom. The molecule has 0 bridgehead atoms. The van der Waals surface area contributed by atoms with Crippen molar-refractivity contribution in [3.63, 3.8) is 0 Å². The topological polar surface area (TPSA) is 75.6 Å². The zero-order valence-corrected chi connectivity index (χ0v) is 11.6. The van der Waals surface area contributed by atoms with Crippen LogP contribution in [0.5, 0.6) is 5.75 Å². The SMILES string of the molecule is O=C(COc1ccc(F)cc1C(=O)O)NC1CCCCC1. The third-order valence-corrected chi connectivity index (χ3v) is 3.50. The average molecular weight is 295 g/mol. The van der Waals surface area contributed by atoms with Gasteiger partial charge in [-0.25, -0.2) is 9.18 Å². The summed E-state index contributed by atoms with van der Waals surface area (Å²) in [6.07, 6.45) is 5.33. The van der Waals surface area contributed by atoms with Crippen LogP contribution in [-0.4, -0.2) is 29.6 Å². The van der Waals surface area contributed by atoms with Crippen LogP contribution in [0.2, 0.25) is 0 Å². The molecular formula is C15H18FNO4. The molecule has 6 heteroatoms. The summed E-state index contributed by atoms with van der Waals surface area (Å²) in [7, 11) is 0. The molecule has 5 nitrogen and oxygen atoms in total. The van der Waals surface area contributed by atoms with Crippen LogP contribution < -0.4 is 10.1 Å². The number of amides is 1. The molecule has 0 spiro atoms. The van der Waals surface area contributed by atoms with Gasteiger partial charge in [0.05, 0.1) is 0 Å². The highest BCUT2D eigenvalue weighted by Gasteiger charge is 2.17. The first-order valence-electron chi connectivity index (χ1n) is 7.01. The Kier molecular flexibility index (Phi) is 5.14. The van der Waals surface area contributed by atoms with Crippen molar-refractivity contribution in [2.24, 2.45) is 0 Å². The fourth-order valence-corrected chi connectivity index (χ4v) is 2.45. The lowest BCUT2D eigenvalue weighted by molar-refractivity contribution is -0.124. The van der Waals surface area contributed by atoms with Crippen molar-refractivity contribution < 1.29 is 23.8 Å². The van der Waals surface area contributed by atoms with Crippen LogP contribution in [-0.2, 0) is 4.79 Å². The first-order valence-corrected chi connectivity index (χ1v) is 7.01. The van der Waals surface area contributed by atoms with Gasteiger partial charge < -0.3 is 15.2 Å². The van der Waals surface area contributed by atoms with Crippen LogP contribution in [0, 0.1) is 5.82 Å². The van der Waals surface area contributed by atoms with Crippen LogP contribution in [0.15, 0.2) is 18.2 Å². The van der Waals surface area contributed by atoms with Crippen LogP contribution >= 0.6 is 0 Å². The standard InChI is InChI=1S/C15H18FNO4/c16-10-6-7-13(12(8-10)15(19)20)21-9-14(18)17-11-4-2-1-3-5-11/h6-8,11H,1-5,9H2,(H,17,18)(H,19,20). The highest BCUT2D eigenvalue weighted by molar-refractivity contribution is 5.91. The van der Waals surface area contributed by atoms with Gasteiger partial charge in [0.15, 0.2) is 6.61 Å². The Labute approximate surface area is 122 Å². The fraction of sp³-hybridized carbons (Fsp3) is 0.467. The number of halogens is 1. The van der Waals surface area contributed by atoms with Gasteiger partial charge >= 0.3 is 5.97 Å². The van der Waals surface area contributed by atoms with E-state index in [0.717, 1.165) is 37.8 Å². The molecule has 114 valence electrons. The Morgan fingerprint density at radius 3 is 2.67 bits per heavy atom. The summed E-state index contributed by atoms with van der Waals surface area (Å²) in [5.41, 5.74) is -0.291. The first-order chi connectivity index (χ1) is 10.1. The minimum absolute atomic E-state index is 0.0114. The molecule has 0 heterocycles. The lowest BCUT2D eigenvalue weighted by Gasteiger charge is -2.22. The number of ether oxygens (including phenoxy) is 1. The Bertz CT molecular complexity index is 526. The van der Waals surface area contributed by atoms with Gasteiger partial charge in [0, 0.05) is 6.04 Å².